The van der Waals surface area contributed by atoms with Gasteiger partial charge in [0, 0.05) is 27.2 Å². The maximum absolute atomic E-state index is 12.5. The lowest BCUT2D eigenvalue weighted by Gasteiger charge is -2.31. The molecule has 0 fully saturated rings. The van der Waals surface area contributed by atoms with Crippen molar-refractivity contribution in [1.29, 1.82) is 0 Å². The van der Waals surface area contributed by atoms with Gasteiger partial charge in [-0.15, -0.1) is 0 Å². The molecule has 2 amide bonds. The zero-order valence-corrected chi connectivity index (χ0v) is 15.4. The van der Waals surface area contributed by atoms with E-state index in [1.54, 1.807) is 17.9 Å². The third-order valence-electron chi connectivity index (χ3n) is 4.03. The van der Waals surface area contributed by atoms with Crippen molar-refractivity contribution >= 4 is 45.0 Å². The summed E-state index contributed by atoms with van der Waals surface area (Å²) in [6, 6.07) is 12.6. The summed E-state index contributed by atoms with van der Waals surface area (Å²) >= 11 is 9.89. The zero-order chi connectivity index (χ0) is 17.3. The molecule has 1 aliphatic rings. The monoisotopic (exact) mass is 406 g/mol. The van der Waals surface area contributed by atoms with Crippen LogP contribution in [0.2, 0.25) is 5.02 Å². The number of fused-ring (bicyclic) bond motifs is 1. The first-order chi connectivity index (χ1) is 11.5. The minimum Gasteiger partial charge on any atom is -0.324 e. The largest absolute Gasteiger partial charge is 0.324 e. The van der Waals surface area contributed by atoms with Crippen molar-refractivity contribution in [2.75, 3.05) is 11.9 Å². The average Bonchev–Trinajstić information content (AvgIpc) is 2.70. The van der Waals surface area contributed by atoms with Gasteiger partial charge in [0.1, 0.15) is 6.54 Å². The topological polar surface area (TPSA) is 49.4 Å². The van der Waals surface area contributed by atoms with E-state index in [0.29, 0.717) is 17.1 Å². The van der Waals surface area contributed by atoms with Crippen LogP contribution in [0.4, 0.5) is 5.69 Å². The summed E-state index contributed by atoms with van der Waals surface area (Å²) in [5.41, 5.74) is 2.33. The molecular formula is C18H16BrClN2O2. The number of halogens is 2. The Labute approximate surface area is 153 Å². The standard InChI is InChI=1S/C18H16BrClN2O2/c1-2-17(24)22-10-16(23)21-15-8-7-11(19)9-13(15)18(22)12-5-3-4-6-14(12)20/h3-9,18H,2,10H2,1H3,(H,21,23)/t18-/m1/s1. The Morgan fingerprint density at radius 2 is 2.04 bits per heavy atom. The third-order valence-corrected chi connectivity index (χ3v) is 4.87. The molecular weight excluding hydrogens is 392 g/mol. The molecule has 124 valence electrons. The van der Waals surface area contributed by atoms with Crippen LogP contribution in [-0.2, 0) is 9.59 Å². The number of nitrogens with zero attached hydrogens (tertiary/aromatic N) is 1. The second-order valence-corrected chi connectivity index (χ2v) is 6.90. The number of anilines is 1. The number of nitrogens with one attached hydrogen (secondary N) is 1. The average molecular weight is 408 g/mol. The molecule has 0 aromatic heterocycles. The Kier molecular flexibility index (Phi) is 4.92. The fourth-order valence-electron chi connectivity index (χ4n) is 2.94. The third kappa shape index (κ3) is 3.19. The van der Waals surface area contributed by atoms with E-state index in [9.17, 15) is 9.59 Å². The van der Waals surface area contributed by atoms with Crippen LogP contribution in [-0.4, -0.2) is 23.3 Å². The molecule has 6 heteroatoms. The highest BCUT2D eigenvalue weighted by Gasteiger charge is 2.33. The lowest BCUT2D eigenvalue weighted by atomic mass is 9.95. The van der Waals surface area contributed by atoms with Crippen LogP contribution in [0.3, 0.4) is 0 Å². The first kappa shape index (κ1) is 17.0. The summed E-state index contributed by atoms with van der Waals surface area (Å²) in [5.74, 6) is -0.308. The first-order valence-corrected chi connectivity index (χ1v) is 8.81. The van der Waals surface area contributed by atoms with Crippen molar-refractivity contribution < 1.29 is 9.59 Å². The van der Waals surface area contributed by atoms with Crippen LogP contribution in [0.1, 0.15) is 30.5 Å². The summed E-state index contributed by atoms with van der Waals surface area (Å²) in [4.78, 5) is 26.4. The highest BCUT2D eigenvalue weighted by molar-refractivity contribution is 9.10. The van der Waals surface area contributed by atoms with Gasteiger partial charge in [-0.25, -0.2) is 0 Å². The smallest absolute Gasteiger partial charge is 0.244 e. The van der Waals surface area contributed by atoms with E-state index in [2.05, 4.69) is 21.2 Å². The van der Waals surface area contributed by atoms with Crippen molar-refractivity contribution in [2.45, 2.75) is 19.4 Å². The Morgan fingerprint density at radius 3 is 2.75 bits per heavy atom. The van der Waals surface area contributed by atoms with Crippen LogP contribution in [0.15, 0.2) is 46.9 Å². The van der Waals surface area contributed by atoms with Crippen molar-refractivity contribution in [2.24, 2.45) is 0 Å². The van der Waals surface area contributed by atoms with Gasteiger partial charge in [0.05, 0.1) is 6.04 Å². The molecule has 0 radical (unpaired) electrons. The molecule has 0 aliphatic carbocycles. The summed E-state index contributed by atoms with van der Waals surface area (Å²) < 4.78 is 0.873. The fraction of sp³-hybridized carbons (Fsp3) is 0.222. The maximum atomic E-state index is 12.5. The molecule has 0 bridgehead atoms. The Balaban J connectivity index is 2.25. The highest BCUT2D eigenvalue weighted by atomic mass is 79.9. The number of rotatable bonds is 2. The molecule has 0 saturated heterocycles. The number of amides is 2. The minimum atomic E-state index is -0.419. The molecule has 1 N–H and O–H groups in total. The predicted molar refractivity (Wildman–Crippen MR) is 98.1 cm³/mol. The summed E-state index contributed by atoms with van der Waals surface area (Å²) in [7, 11) is 0. The highest BCUT2D eigenvalue weighted by Crippen LogP contribution is 2.39. The van der Waals surface area contributed by atoms with Gasteiger partial charge in [-0.2, -0.15) is 0 Å². The molecule has 0 saturated carbocycles. The van der Waals surface area contributed by atoms with Crippen molar-refractivity contribution in [1.82, 2.24) is 4.90 Å². The molecule has 4 nitrogen and oxygen atoms in total. The SMILES string of the molecule is CCC(=O)N1CC(=O)Nc2ccc(Br)cc2[C@H]1c1ccccc1Cl. The predicted octanol–water partition coefficient (Wildman–Crippen LogP) is 4.38. The fourth-order valence-corrected chi connectivity index (χ4v) is 3.56. The summed E-state index contributed by atoms with van der Waals surface area (Å²) in [5, 5.41) is 3.45. The van der Waals surface area contributed by atoms with Gasteiger partial charge in [0.15, 0.2) is 0 Å². The number of benzene rings is 2. The van der Waals surface area contributed by atoms with Gasteiger partial charge >= 0.3 is 0 Å². The Morgan fingerprint density at radius 1 is 1.29 bits per heavy atom. The van der Waals surface area contributed by atoms with Gasteiger partial charge in [-0.05, 0) is 29.8 Å². The van der Waals surface area contributed by atoms with E-state index >= 15 is 0 Å². The van der Waals surface area contributed by atoms with E-state index < -0.39 is 6.04 Å². The number of carbonyl (C=O) groups excluding carboxylic acids is 2. The van der Waals surface area contributed by atoms with Crippen LogP contribution in [0.25, 0.3) is 0 Å². The molecule has 1 atom stereocenters. The first-order valence-electron chi connectivity index (χ1n) is 7.64. The summed E-state index contributed by atoms with van der Waals surface area (Å²) in [6.07, 6.45) is 0.317. The lowest BCUT2D eigenvalue weighted by molar-refractivity contribution is -0.135. The van der Waals surface area contributed by atoms with Crippen molar-refractivity contribution in [3.05, 3.63) is 63.1 Å². The Bertz CT molecular complexity index is 809. The lowest BCUT2D eigenvalue weighted by Crippen LogP contribution is -2.38. The normalized spacial score (nSPS) is 17.0. The van der Waals surface area contributed by atoms with Gasteiger partial charge in [-0.1, -0.05) is 52.7 Å². The van der Waals surface area contributed by atoms with Crippen LogP contribution < -0.4 is 5.32 Å². The van der Waals surface area contributed by atoms with E-state index in [4.69, 9.17) is 11.6 Å². The van der Waals surface area contributed by atoms with E-state index in [0.717, 1.165) is 15.6 Å². The molecule has 0 unspecified atom stereocenters. The van der Waals surface area contributed by atoms with Gasteiger partial charge in [0.2, 0.25) is 11.8 Å². The van der Waals surface area contributed by atoms with Gasteiger partial charge < -0.3 is 10.2 Å². The second-order valence-electron chi connectivity index (χ2n) is 5.58. The Hall–Kier alpha value is -1.85. The molecule has 2 aromatic rings. The number of carbonyl (C=O) groups is 2. The van der Waals surface area contributed by atoms with Gasteiger partial charge in [0.25, 0.3) is 0 Å². The number of hydrogen-bond donors (Lipinski definition) is 1. The second kappa shape index (κ2) is 6.95. The zero-order valence-electron chi connectivity index (χ0n) is 13.1. The van der Waals surface area contributed by atoms with Crippen LogP contribution in [0, 0.1) is 0 Å². The maximum Gasteiger partial charge on any atom is 0.244 e. The quantitative estimate of drug-likeness (QED) is 0.803. The number of hydrogen-bond acceptors (Lipinski definition) is 2. The minimum absolute atomic E-state index is 0.00510. The molecule has 3 rings (SSSR count). The molecule has 0 spiro atoms. The van der Waals surface area contributed by atoms with E-state index in [1.165, 1.54) is 0 Å². The molecule has 24 heavy (non-hydrogen) atoms. The molecule has 1 heterocycles. The van der Waals surface area contributed by atoms with Crippen molar-refractivity contribution in [3.63, 3.8) is 0 Å². The van der Waals surface area contributed by atoms with E-state index in [-0.39, 0.29) is 18.4 Å². The van der Waals surface area contributed by atoms with E-state index in [1.807, 2.05) is 36.4 Å². The van der Waals surface area contributed by atoms with Crippen LogP contribution >= 0.6 is 27.5 Å². The van der Waals surface area contributed by atoms with Crippen LogP contribution in [0.5, 0.6) is 0 Å². The molecule has 2 aromatic carbocycles. The van der Waals surface area contributed by atoms with Gasteiger partial charge in [-0.3, -0.25) is 9.59 Å². The summed E-state index contributed by atoms with van der Waals surface area (Å²) in [6.45, 7) is 1.78. The van der Waals surface area contributed by atoms with Crippen molar-refractivity contribution in [3.8, 4) is 0 Å². The molecule has 1 aliphatic heterocycles.